The number of aromatic nitrogens is 5. The number of fused-ring (bicyclic) bond motifs is 1. The number of nitrogens with zero attached hydrogens (tertiary/aromatic N) is 5. The van der Waals surface area contributed by atoms with Crippen LogP contribution in [-0.2, 0) is 18.3 Å². The fourth-order valence-electron chi connectivity index (χ4n) is 3.42. The standard InChI is InChI=1S/C23H23N7O3/c1-3-15-12-19(29(2)27-15)22(32)24-16-5-4-6-17(11-16)33-18-9-10-20-25-23(28-30(20)13-18)26-21(31)14-7-8-14/h4-6,9-14H,3,7-8H2,1-2H3,(H,24,32)(H,26,28,31). The second kappa shape index (κ2) is 8.38. The van der Waals surface area contributed by atoms with Crippen LogP contribution in [0, 0.1) is 5.92 Å². The van der Waals surface area contributed by atoms with E-state index in [0.717, 1.165) is 25.0 Å². The van der Waals surface area contributed by atoms with E-state index >= 15 is 0 Å². The lowest BCUT2D eigenvalue weighted by Gasteiger charge is -2.09. The first-order valence-corrected chi connectivity index (χ1v) is 10.8. The number of hydrogen-bond donors (Lipinski definition) is 2. The molecule has 0 aliphatic heterocycles. The van der Waals surface area contributed by atoms with Crippen molar-refractivity contribution in [3.8, 4) is 11.5 Å². The fourth-order valence-corrected chi connectivity index (χ4v) is 3.42. The van der Waals surface area contributed by atoms with Crippen molar-refractivity contribution in [1.29, 1.82) is 0 Å². The summed E-state index contributed by atoms with van der Waals surface area (Å²) in [4.78, 5) is 28.9. The molecule has 1 aliphatic rings. The molecule has 10 heteroatoms. The van der Waals surface area contributed by atoms with E-state index in [4.69, 9.17) is 4.74 Å². The van der Waals surface area contributed by atoms with Crippen molar-refractivity contribution < 1.29 is 14.3 Å². The second-order valence-electron chi connectivity index (χ2n) is 7.95. The molecule has 0 unspecified atom stereocenters. The minimum absolute atomic E-state index is 0.0433. The molecule has 2 amide bonds. The monoisotopic (exact) mass is 445 g/mol. The van der Waals surface area contributed by atoms with E-state index in [-0.39, 0.29) is 23.7 Å². The number of pyridine rings is 1. The summed E-state index contributed by atoms with van der Waals surface area (Å²) in [7, 11) is 1.75. The van der Waals surface area contributed by atoms with Crippen molar-refractivity contribution in [3.63, 3.8) is 0 Å². The largest absolute Gasteiger partial charge is 0.456 e. The van der Waals surface area contributed by atoms with Gasteiger partial charge in [-0.2, -0.15) is 10.1 Å². The zero-order chi connectivity index (χ0) is 22.9. The highest BCUT2D eigenvalue weighted by Crippen LogP contribution is 2.30. The summed E-state index contributed by atoms with van der Waals surface area (Å²) in [5, 5.41) is 14.2. The Morgan fingerprint density at radius 1 is 1.09 bits per heavy atom. The van der Waals surface area contributed by atoms with Crippen LogP contribution in [0.4, 0.5) is 11.6 Å². The molecule has 10 nitrogen and oxygen atoms in total. The first-order valence-electron chi connectivity index (χ1n) is 10.8. The minimum Gasteiger partial charge on any atom is -0.456 e. The number of anilines is 2. The van der Waals surface area contributed by atoms with Crippen molar-refractivity contribution in [2.75, 3.05) is 10.6 Å². The van der Waals surface area contributed by atoms with Gasteiger partial charge in [-0.3, -0.25) is 19.6 Å². The van der Waals surface area contributed by atoms with Gasteiger partial charge in [0.25, 0.3) is 5.91 Å². The molecule has 33 heavy (non-hydrogen) atoms. The van der Waals surface area contributed by atoms with Gasteiger partial charge >= 0.3 is 0 Å². The SMILES string of the molecule is CCc1cc(C(=O)Nc2cccc(Oc3ccc4nc(NC(=O)C5CC5)nn4c3)c2)n(C)n1. The molecule has 1 fully saturated rings. The number of nitrogens with one attached hydrogen (secondary N) is 2. The van der Waals surface area contributed by atoms with E-state index in [1.54, 1.807) is 64.9 Å². The van der Waals surface area contributed by atoms with Crippen molar-refractivity contribution in [2.24, 2.45) is 13.0 Å². The number of ether oxygens (including phenoxy) is 1. The third-order valence-corrected chi connectivity index (χ3v) is 5.34. The number of hydrogen-bond acceptors (Lipinski definition) is 6. The van der Waals surface area contributed by atoms with Crippen molar-refractivity contribution >= 4 is 29.1 Å². The summed E-state index contributed by atoms with van der Waals surface area (Å²) in [6, 6.07) is 12.4. The highest BCUT2D eigenvalue weighted by Gasteiger charge is 2.30. The Balaban J connectivity index is 1.29. The van der Waals surface area contributed by atoms with Crippen LogP contribution >= 0.6 is 0 Å². The molecule has 3 aromatic heterocycles. The van der Waals surface area contributed by atoms with E-state index in [2.05, 4.69) is 25.8 Å². The normalized spacial score (nSPS) is 13.2. The maximum absolute atomic E-state index is 12.6. The van der Waals surface area contributed by atoms with E-state index in [0.29, 0.717) is 28.5 Å². The maximum Gasteiger partial charge on any atom is 0.273 e. The summed E-state index contributed by atoms with van der Waals surface area (Å²) in [5.41, 5.74) is 2.54. The Bertz CT molecular complexity index is 1350. The maximum atomic E-state index is 12.6. The third kappa shape index (κ3) is 4.54. The van der Waals surface area contributed by atoms with Crippen LogP contribution in [0.2, 0.25) is 0 Å². The van der Waals surface area contributed by atoms with E-state index in [9.17, 15) is 9.59 Å². The lowest BCUT2D eigenvalue weighted by molar-refractivity contribution is -0.117. The van der Waals surface area contributed by atoms with Gasteiger partial charge in [-0.1, -0.05) is 13.0 Å². The van der Waals surface area contributed by atoms with Gasteiger partial charge in [0.05, 0.1) is 11.9 Å². The Hall–Kier alpha value is -4.21. The molecule has 0 radical (unpaired) electrons. The summed E-state index contributed by atoms with van der Waals surface area (Å²) < 4.78 is 9.08. The van der Waals surface area contributed by atoms with Gasteiger partial charge in [0, 0.05) is 24.7 Å². The van der Waals surface area contributed by atoms with Crippen molar-refractivity contribution in [1.82, 2.24) is 24.4 Å². The van der Waals surface area contributed by atoms with E-state index in [1.165, 1.54) is 0 Å². The molecule has 0 bridgehead atoms. The predicted molar refractivity (Wildman–Crippen MR) is 121 cm³/mol. The minimum atomic E-state index is -0.244. The van der Waals surface area contributed by atoms with Crippen LogP contribution in [0.3, 0.4) is 0 Å². The molecular weight excluding hydrogens is 422 g/mol. The van der Waals surface area contributed by atoms with Crippen molar-refractivity contribution in [2.45, 2.75) is 26.2 Å². The third-order valence-electron chi connectivity index (χ3n) is 5.34. The predicted octanol–water partition coefficient (Wildman–Crippen LogP) is 3.42. The van der Waals surface area contributed by atoms with Crippen LogP contribution in [0.1, 0.15) is 35.9 Å². The quantitative estimate of drug-likeness (QED) is 0.450. The molecule has 0 saturated heterocycles. The number of benzene rings is 1. The second-order valence-corrected chi connectivity index (χ2v) is 7.95. The summed E-state index contributed by atoms with van der Waals surface area (Å²) >= 11 is 0. The Labute approximate surface area is 189 Å². The van der Waals surface area contributed by atoms with E-state index < -0.39 is 0 Å². The Kier molecular flexibility index (Phi) is 5.25. The summed E-state index contributed by atoms with van der Waals surface area (Å²) in [5.74, 6) is 1.15. The van der Waals surface area contributed by atoms with Gasteiger partial charge in [0.1, 0.15) is 17.2 Å². The highest BCUT2D eigenvalue weighted by molar-refractivity contribution is 6.03. The van der Waals surface area contributed by atoms with Crippen LogP contribution in [0.15, 0.2) is 48.7 Å². The van der Waals surface area contributed by atoms with Gasteiger partial charge in [-0.05, 0) is 49.6 Å². The number of amides is 2. The summed E-state index contributed by atoms with van der Waals surface area (Å²) in [6.07, 6.45) is 4.27. The Morgan fingerprint density at radius 3 is 2.70 bits per heavy atom. The molecule has 1 aromatic carbocycles. The van der Waals surface area contributed by atoms with Gasteiger partial charge in [-0.15, -0.1) is 5.10 Å². The average molecular weight is 445 g/mol. The zero-order valence-corrected chi connectivity index (χ0v) is 18.3. The molecule has 5 rings (SSSR count). The number of rotatable bonds is 7. The number of aryl methyl sites for hydroxylation is 2. The first kappa shape index (κ1) is 20.7. The lowest BCUT2D eigenvalue weighted by Crippen LogP contribution is -2.16. The lowest BCUT2D eigenvalue weighted by atomic mass is 10.2. The van der Waals surface area contributed by atoms with Gasteiger partial charge in [0.2, 0.25) is 11.9 Å². The number of carbonyl (C=O) groups is 2. The molecule has 0 spiro atoms. The molecule has 1 aliphatic carbocycles. The molecular formula is C23H23N7O3. The van der Waals surface area contributed by atoms with Crippen LogP contribution in [0.25, 0.3) is 5.65 Å². The van der Waals surface area contributed by atoms with Crippen LogP contribution in [-0.4, -0.2) is 36.2 Å². The van der Waals surface area contributed by atoms with Crippen LogP contribution < -0.4 is 15.4 Å². The van der Waals surface area contributed by atoms with Gasteiger partial charge < -0.3 is 10.1 Å². The smallest absolute Gasteiger partial charge is 0.273 e. The topological polar surface area (TPSA) is 115 Å². The van der Waals surface area contributed by atoms with Crippen LogP contribution in [0.5, 0.6) is 11.5 Å². The van der Waals surface area contributed by atoms with Crippen molar-refractivity contribution in [3.05, 3.63) is 60.0 Å². The highest BCUT2D eigenvalue weighted by atomic mass is 16.5. The van der Waals surface area contributed by atoms with Gasteiger partial charge in [-0.25, -0.2) is 4.52 Å². The molecule has 168 valence electrons. The average Bonchev–Trinajstić information content (AvgIpc) is 3.47. The fraction of sp³-hybridized carbons (Fsp3) is 0.261. The Morgan fingerprint density at radius 2 is 1.94 bits per heavy atom. The first-order chi connectivity index (χ1) is 16.0. The number of carbonyl (C=O) groups excluding carboxylic acids is 2. The zero-order valence-electron chi connectivity index (χ0n) is 18.3. The molecule has 0 atom stereocenters. The molecule has 3 heterocycles. The van der Waals surface area contributed by atoms with E-state index in [1.807, 2.05) is 6.92 Å². The molecule has 4 aromatic rings. The van der Waals surface area contributed by atoms with Gasteiger partial charge in [0.15, 0.2) is 5.65 Å². The molecule has 2 N–H and O–H groups in total. The summed E-state index contributed by atoms with van der Waals surface area (Å²) in [6.45, 7) is 1.99. The molecule has 1 saturated carbocycles.